The highest BCUT2D eigenvalue weighted by atomic mass is 16.5. The van der Waals surface area contributed by atoms with Crippen LogP contribution in [0.5, 0.6) is 0 Å². The van der Waals surface area contributed by atoms with E-state index in [1.807, 2.05) is 19.2 Å². The molecule has 0 radical (unpaired) electrons. The van der Waals surface area contributed by atoms with Crippen LogP contribution in [0, 0.1) is 13.8 Å². The van der Waals surface area contributed by atoms with Gasteiger partial charge in [-0.15, -0.1) is 0 Å². The van der Waals surface area contributed by atoms with Gasteiger partial charge in [0.1, 0.15) is 17.5 Å². The third-order valence-corrected chi connectivity index (χ3v) is 5.33. The van der Waals surface area contributed by atoms with E-state index in [9.17, 15) is 0 Å². The Balaban J connectivity index is 1.40. The van der Waals surface area contributed by atoms with Crippen LogP contribution in [-0.4, -0.2) is 72.3 Å². The highest BCUT2D eigenvalue weighted by Gasteiger charge is 2.21. The number of piperazine rings is 1. The predicted molar refractivity (Wildman–Crippen MR) is 106 cm³/mol. The molecule has 7 heteroatoms. The van der Waals surface area contributed by atoms with Crippen molar-refractivity contribution >= 4 is 11.6 Å². The van der Waals surface area contributed by atoms with E-state index in [2.05, 4.69) is 43.7 Å². The summed E-state index contributed by atoms with van der Waals surface area (Å²) in [6.45, 7) is 12.4. The van der Waals surface area contributed by atoms with Gasteiger partial charge in [-0.1, -0.05) is 6.07 Å². The zero-order chi connectivity index (χ0) is 18.6. The second-order valence-electron chi connectivity index (χ2n) is 7.26. The first-order valence-electron chi connectivity index (χ1n) is 9.75. The fourth-order valence-electron chi connectivity index (χ4n) is 3.68. The maximum absolute atomic E-state index is 5.46. The second kappa shape index (κ2) is 8.19. The Morgan fingerprint density at radius 1 is 0.926 bits per heavy atom. The van der Waals surface area contributed by atoms with Crippen molar-refractivity contribution < 1.29 is 4.74 Å². The van der Waals surface area contributed by atoms with Gasteiger partial charge in [0.25, 0.3) is 0 Å². The van der Waals surface area contributed by atoms with Gasteiger partial charge in [0.15, 0.2) is 0 Å². The summed E-state index contributed by atoms with van der Waals surface area (Å²) in [6, 6.07) is 6.27. The average molecular weight is 368 g/mol. The second-order valence-corrected chi connectivity index (χ2v) is 7.26. The van der Waals surface area contributed by atoms with Crippen molar-refractivity contribution in [2.24, 2.45) is 0 Å². The minimum Gasteiger partial charge on any atom is -0.378 e. The van der Waals surface area contributed by atoms with Crippen LogP contribution in [0.2, 0.25) is 0 Å². The van der Waals surface area contributed by atoms with Crippen molar-refractivity contribution in [3.63, 3.8) is 0 Å². The van der Waals surface area contributed by atoms with Crippen molar-refractivity contribution in [3.8, 4) is 0 Å². The number of hydrogen-bond acceptors (Lipinski definition) is 7. The molecule has 2 aliphatic heterocycles. The molecule has 0 spiro atoms. The van der Waals surface area contributed by atoms with Crippen LogP contribution < -0.4 is 9.80 Å². The molecule has 144 valence electrons. The largest absolute Gasteiger partial charge is 0.378 e. The average Bonchev–Trinajstić information content (AvgIpc) is 2.70. The maximum atomic E-state index is 5.46. The molecule has 4 rings (SSSR count). The first kappa shape index (κ1) is 18.1. The molecule has 4 heterocycles. The monoisotopic (exact) mass is 368 g/mol. The fraction of sp³-hybridized carbons (Fsp3) is 0.550. The number of pyridine rings is 1. The number of anilines is 2. The van der Waals surface area contributed by atoms with E-state index in [1.165, 1.54) is 11.3 Å². The SMILES string of the molecule is Cc1nc(N2CCOCC2)cc(N2CCN(Cc3ncccc3C)CC2)n1. The normalized spacial score (nSPS) is 18.7. The first-order valence-corrected chi connectivity index (χ1v) is 9.75. The fourth-order valence-corrected chi connectivity index (χ4v) is 3.68. The summed E-state index contributed by atoms with van der Waals surface area (Å²) in [5, 5.41) is 0. The molecule has 0 aliphatic carbocycles. The van der Waals surface area contributed by atoms with Gasteiger partial charge in [-0.3, -0.25) is 9.88 Å². The summed E-state index contributed by atoms with van der Waals surface area (Å²) >= 11 is 0. The molecule has 2 aromatic rings. The smallest absolute Gasteiger partial charge is 0.134 e. The molecule has 2 saturated heterocycles. The van der Waals surface area contributed by atoms with Crippen LogP contribution in [0.3, 0.4) is 0 Å². The molecule has 27 heavy (non-hydrogen) atoms. The van der Waals surface area contributed by atoms with E-state index in [1.54, 1.807) is 0 Å². The number of aryl methyl sites for hydroxylation is 2. The van der Waals surface area contributed by atoms with Crippen LogP contribution in [0.1, 0.15) is 17.1 Å². The molecule has 0 unspecified atom stereocenters. The van der Waals surface area contributed by atoms with Crippen LogP contribution >= 0.6 is 0 Å². The third-order valence-electron chi connectivity index (χ3n) is 5.33. The Morgan fingerprint density at radius 2 is 1.59 bits per heavy atom. The molecule has 2 aliphatic rings. The maximum Gasteiger partial charge on any atom is 0.134 e. The van der Waals surface area contributed by atoms with Gasteiger partial charge in [0.05, 0.1) is 18.9 Å². The Hall–Kier alpha value is -2.25. The molecule has 0 bridgehead atoms. The van der Waals surface area contributed by atoms with Gasteiger partial charge in [0.2, 0.25) is 0 Å². The quantitative estimate of drug-likeness (QED) is 0.813. The number of rotatable bonds is 4. The van der Waals surface area contributed by atoms with Crippen molar-refractivity contribution in [2.75, 3.05) is 62.3 Å². The van der Waals surface area contributed by atoms with E-state index in [-0.39, 0.29) is 0 Å². The summed E-state index contributed by atoms with van der Waals surface area (Å²) in [5.41, 5.74) is 2.44. The minimum atomic E-state index is 0.768. The Labute approximate surface area is 161 Å². The Morgan fingerprint density at radius 3 is 2.26 bits per heavy atom. The number of morpholine rings is 1. The van der Waals surface area contributed by atoms with Crippen molar-refractivity contribution in [3.05, 3.63) is 41.5 Å². The van der Waals surface area contributed by atoms with Crippen LogP contribution in [0.4, 0.5) is 11.6 Å². The minimum absolute atomic E-state index is 0.768. The topological polar surface area (TPSA) is 57.6 Å². The lowest BCUT2D eigenvalue weighted by molar-refractivity contribution is 0.122. The standard InChI is InChI=1S/C20H28N6O/c1-16-4-3-5-21-18(16)15-24-6-8-25(9-7-24)19-14-20(23-17(2)22-19)26-10-12-27-13-11-26/h3-5,14H,6-13,15H2,1-2H3. The van der Waals surface area contributed by atoms with Gasteiger partial charge in [0, 0.05) is 58.1 Å². The molecular formula is C20H28N6O. The Kier molecular flexibility index (Phi) is 5.50. The van der Waals surface area contributed by atoms with Crippen molar-refractivity contribution in [1.82, 2.24) is 19.9 Å². The number of hydrogen-bond donors (Lipinski definition) is 0. The van der Waals surface area contributed by atoms with E-state index < -0.39 is 0 Å². The number of ether oxygens (including phenoxy) is 1. The lowest BCUT2D eigenvalue weighted by atomic mass is 10.2. The molecule has 0 aromatic carbocycles. The van der Waals surface area contributed by atoms with Gasteiger partial charge >= 0.3 is 0 Å². The van der Waals surface area contributed by atoms with Crippen molar-refractivity contribution in [2.45, 2.75) is 20.4 Å². The molecule has 7 nitrogen and oxygen atoms in total. The zero-order valence-electron chi connectivity index (χ0n) is 16.3. The van der Waals surface area contributed by atoms with Gasteiger partial charge in [-0.2, -0.15) is 0 Å². The molecule has 0 saturated carbocycles. The van der Waals surface area contributed by atoms with E-state index >= 15 is 0 Å². The number of nitrogens with zero attached hydrogens (tertiary/aromatic N) is 6. The van der Waals surface area contributed by atoms with E-state index in [0.717, 1.165) is 76.5 Å². The Bertz CT molecular complexity index is 769. The van der Waals surface area contributed by atoms with Crippen LogP contribution in [0.15, 0.2) is 24.4 Å². The third kappa shape index (κ3) is 4.36. The molecule has 0 atom stereocenters. The summed E-state index contributed by atoms with van der Waals surface area (Å²) in [7, 11) is 0. The molecule has 2 aromatic heterocycles. The molecule has 2 fully saturated rings. The summed E-state index contributed by atoms with van der Waals surface area (Å²) in [6.07, 6.45) is 1.88. The van der Waals surface area contributed by atoms with Gasteiger partial charge in [-0.05, 0) is 25.5 Å². The zero-order valence-corrected chi connectivity index (χ0v) is 16.3. The number of aromatic nitrogens is 3. The lowest BCUT2D eigenvalue weighted by Gasteiger charge is -2.36. The first-order chi connectivity index (χ1) is 13.2. The van der Waals surface area contributed by atoms with Crippen LogP contribution in [0.25, 0.3) is 0 Å². The molecular weight excluding hydrogens is 340 g/mol. The summed E-state index contributed by atoms with van der Waals surface area (Å²) < 4.78 is 5.46. The lowest BCUT2D eigenvalue weighted by Crippen LogP contribution is -2.46. The highest BCUT2D eigenvalue weighted by molar-refractivity contribution is 5.51. The molecule has 0 N–H and O–H groups in total. The van der Waals surface area contributed by atoms with Crippen molar-refractivity contribution in [1.29, 1.82) is 0 Å². The highest BCUT2D eigenvalue weighted by Crippen LogP contribution is 2.21. The van der Waals surface area contributed by atoms with Gasteiger partial charge in [-0.25, -0.2) is 9.97 Å². The van der Waals surface area contributed by atoms with Crippen LogP contribution in [-0.2, 0) is 11.3 Å². The predicted octanol–water partition coefficient (Wildman–Crippen LogP) is 1.65. The van der Waals surface area contributed by atoms with E-state index in [0.29, 0.717) is 0 Å². The summed E-state index contributed by atoms with van der Waals surface area (Å²) in [5.74, 6) is 2.89. The van der Waals surface area contributed by atoms with E-state index in [4.69, 9.17) is 9.72 Å². The summed E-state index contributed by atoms with van der Waals surface area (Å²) in [4.78, 5) is 21.0. The van der Waals surface area contributed by atoms with Gasteiger partial charge < -0.3 is 14.5 Å². The molecule has 0 amide bonds.